The molecule has 9 rings (SSSR count). The Morgan fingerprint density at radius 3 is 2.39 bits per heavy atom. The zero-order chi connectivity index (χ0) is 29.6. The SMILES string of the molecule is Nc1nc(Nc2ccc(N3CCC(N4CCCC4)CC3)c(F)c2)nn1-c1cc(-c2ccccc2)c2c(n1)C1CCC([B]2)CC1. The zero-order valence-electron chi connectivity index (χ0n) is 25.1. The van der Waals surface area contributed by atoms with Crippen LogP contribution in [0, 0.1) is 5.82 Å². The lowest BCUT2D eigenvalue weighted by Gasteiger charge is -2.37. The van der Waals surface area contributed by atoms with Gasteiger partial charge in [0.1, 0.15) is 5.82 Å². The summed E-state index contributed by atoms with van der Waals surface area (Å²) in [6.45, 7) is 4.19. The summed E-state index contributed by atoms with van der Waals surface area (Å²) in [7, 11) is 2.44. The molecule has 3 fully saturated rings. The molecule has 4 aromatic rings. The summed E-state index contributed by atoms with van der Waals surface area (Å²) < 4.78 is 17.0. The summed E-state index contributed by atoms with van der Waals surface area (Å²) in [6.07, 6.45) is 9.49. The Bertz CT molecular complexity index is 1640. The monoisotopic (exact) mass is 589 g/mol. The largest absolute Gasteiger partial charge is 0.369 e. The summed E-state index contributed by atoms with van der Waals surface area (Å²) in [6, 6.07) is 18.5. The molecule has 4 aliphatic heterocycles. The van der Waals surface area contributed by atoms with Gasteiger partial charge in [-0.2, -0.15) is 9.67 Å². The molecule has 2 aromatic carbocycles. The van der Waals surface area contributed by atoms with Crippen LogP contribution in [0.5, 0.6) is 0 Å². The van der Waals surface area contributed by atoms with Crippen molar-refractivity contribution in [3.63, 3.8) is 0 Å². The average Bonchev–Trinajstić information content (AvgIpc) is 3.64. The van der Waals surface area contributed by atoms with Crippen molar-refractivity contribution >= 4 is 36.0 Å². The summed E-state index contributed by atoms with van der Waals surface area (Å²) >= 11 is 0. The van der Waals surface area contributed by atoms with Crippen molar-refractivity contribution in [2.75, 3.05) is 42.1 Å². The molecular formula is C34H39BFN8. The predicted octanol–water partition coefficient (Wildman–Crippen LogP) is 5.65. The first-order valence-electron chi connectivity index (χ1n) is 16.3. The first-order valence-corrected chi connectivity index (χ1v) is 16.3. The molecule has 10 heteroatoms. The van der Waals surface area contributed by atoms with Gasteiger partial charge in [0.15, 0.2) is 13.1 Å². The second-order valence-corrected chi connectivity index (χ2v) is 12.9. The van der Waals surface area contributed by atoms with Crippen molar-refractivity contribution in [2.45, 2.75) is 69.1 Å². The third-order valence-electron chi connectivity index (χ3n) is 10.2. The number of hydrogen-bond acceptors (Lipinski definition) is 7. The normalized spacial score (nSPS) is 22.1. The first-order chi connectivity index (χ1) is 21.6. The van der Waals surface area contributed by atoms with E-state index in [0.717, 1.165) is 55.6 Å². The molecule has 2 bridgehead atoms. The number of nitrogens with two attached hydrogens (primary N) is 1. The van der Waals surface area contributed by atoms with Crippen LogP contribution < -0.4 is 21.4 Å². The van der Waals surface area contributed by atoms with Crippen LogP contribution in [-0.4, -0.2) is 64.1 Å². The van der Waals surface area contributed by atoms with Gasteiger partial charge in [0.25, 0.3) is 0 Å². The third kappa shape index (κ3) is 5.23. The lowest BCUT2D eigenvalue weighted by molar-refractivity contribution is 0.207. The first kappa shape index (κ1) is 27.6. The van der Waals surface area contributed by atoms with Crippen LogP contribution in [0.15, 0.2) is 54.6 Å². The standard InChI is InChI=1S/C34H39BFN8/c36-28-20-25(12-13-29(28)43-18-14-26(15-19-43)42-16-4-5-17-42)38-34-40-33(37)44(41-34)30-21-27(22-6-2-1-3-7-22)31-32(39-30)23-8-10-24(35-31)11-9-23/h1-3,6-7,12-13,20-21,23-24,26H,4-5,8-11,14-19H2,(H3,37,38,40,41). The molecule has 8 nitrogen and oxygen atoms in total. The minimum atomic E-state index is -0.243. The molecule has 1 radical (unpaired) electrons. The van der Waals surface area contributed by atoms with Gasteiger partial charge >= 0.3 is 0 Å². The predicted molar refractivity (Wildman–Crippen MR) is 175 cm³/mol. The molecule has 3 N–H and O–H groups in total. The molecule has 2 aromatic heterocycles. The number of fused-ring (bicyclic) bond motifs is 2. The van der Waals surface area contributed by atoms with Gasteiger partial charge in [0, 0.05) is 36.4 Å². The Morgan fingerprint density at radius 2 is 1.64 bits per heavy atom. The van der Waals surface area contributed by atoms with Crippen LogP contribution in [0.25, 0.3) is 16.9 Å². The third-order valence-corrected chi connectivity index (χ3v) is 10.2. The van der Waals surface area contributed by atoms with Crippen LogP contribution >= 0.6 is 0 Å². The summed E-state index contributed by atoms with van der Waals surface area (Å²) in [5.41, 5.74) is 12.3. The molecule has 2 saturated heterocycles. The number of piperidine rings is 1. The summed E-state index contributed by atoms with van der Waals surface area (Å²) in [4.78, 5) is 14.4. The van der Waals surface area contributed by atoms with E-state index in [2.05, 4.69) is 57.7 Å². The number of nitrogen functional groups attached to an aromatic ring is 1. The van der Waals surface area contributed by atoms with Gasteiger partial charge in [-0.3, -0.25) is 0 Å². The van der Waals surface area contributed by atoms with Crippen LogP contribution in [0.2, 0.25) is 5.82 Å². The van der Waals surface area contributed by atoms with Gasteiger partial charge in [-0.1, -0.05) is 54.5 Å². The fourth-order valence-electron chi connectivity index (χ4n) is 7.90. The number of benzene rings is 2. The topological polar surface area (TPSA) is 88.1 Å². The molecule has 44 heavy (non-hydrogen) atoms. The van der Waals surface area contributed by atoms with Gasteiger partial charge in [-0.05, 0) is 87.0 Å². The maximum absolute atomic E-state index is 15.4. The number of anilines is 4. The molecule has 225 valence electrons. The van der Waals surface area contributed by atoms with E-state index in [0.29, 0.717) is 40.9 Å². The van der Waals surface area contributed by atoms with Gasteiger partial charge in [0.05, 0.1) is 5.69 Å². The molecule has 5 aliphatic rings. The van der Waals surface area contributed by atoms with Crippen molar-refractivity contribution < 1.29 is 4.39 Å². The number of halogens is 1. The second-order valence-electron chi connectivity index (χ2n) is 12.9. The molecule has 0 atom stereocenters. The zero-order valence-corrected chi connectivity index (χ0v) is 25.1. The van der Waals surface area contributed by atoms with Gasteiger partial charge in [-0.15, -0.1) is 5.10 Å². The number of nitrogens with zero attached hydrogens (tertiary/aromatic N) is 6. The van der Waals surface area contributed by atoms with Crippen LogP contribution in [0.1, 0.15) is 63.0 Å². The maximum atomic E-state index is 15.4. The van der Waals surface area contributed by atoms with E-state index in [1.54, 1.807) is 4.68 Å². The van der Waals surface area contributed by atoms with E-state index in [1.807, 2.05) is 18.2 Å². The van der Waals surface area contributed by atoms with Crippen molar-refractivity contribution in [2.24, 2.45) is 0 Å². The molecule has 0 spiro atoms. The Labute approximate surface area is 259 Å². The Morgan fingerprint density at radius 1 is 0.864 bits per heavy atom. The van der Waals surface area contributed by atoms with Crippen LogP contribution in [0.3, 0.4) is 0 Å². The number of hydrogen-bond donors (Lipinski definition) is 2. The smallest absolute Gasteiger partial charge is 0.248 e. The van der Waals surface area contributed by atoms with Crippen molar-refractivity contribution in [1.29, 1.82) is 0 Å². The number of likely N-dealkylation sites (tertiary alicyclic amines) is 1. The van der Waals surface area contributed by atoms with E-state index >= 15 is 4.39 Å². The van der Waals surface area contributed by atoms with Gasteiger partial charge < -0.3 is 20.9 Å². The number of nitrogens with one attached hydrogen (secondary N) is 1. The molecule has 1 saturated carbocycles. The fraction of sp³-hybridized carbons (Fsp3) is 0.441. The number of rotatable bonds is 6. The molecule has 0 amide bonds. The van der Waals surface area contributed by atoms with E-state index in [1.165, 1.54) is 50.3 Å². The molecule has 0 unspecified atom stereocenters. The highest BCUT2D eigenvalue weighted by molar-refractivity contribution is 6.58. The van der Waals surface area contributed by atoms with Gasteiger partial charge in [0.2, 0.25) is 11.9 Å². The lowest BCUT2D eigenvalue weighted by Crippen LogP contribution is -2.44. The van der Waals surface area contributed by atoms with E-state index < -0.39 is 0 Å². The van der Waals surface area contributed by atoms with Gasteiger partial charge in [-0.25, -0.2) is 9.37 Å². The van der Waals surface area contributed by atoms with Crippen molar-refractivity contribution in [1.82, 2.24) is 24.6 Å². The highest BCUT2D eigenvalue weighted by Gasteiger charge is 2.33. The van der Waals surface area contributed by atoms with Crippen molar-refractivity contribution in [3.8, 4) is 16.9 Å². The highest BCUT2D eigenvalue weighted by Crippen LogP contribution is 2.42. The van der Waals surface area contributed by atoms with Crippen LogP contribution in [0.4, 0.5) is 27.7 Å². The van der Waals surface area contributed by atoms with E-state index in [-0.39, 0.29) is 11.8 Å². The maximum Gasteiger partial charge on any atom is 0.248 e. The quantitative estimate of drug-likeness (QED) is 0.281. The highest BCUT2D eigenvalue weighted by atomic mass is 19.1. The molecular weight excluding hydrogens is 550 g/mol. The Kier molecular flexibility index (Phi) is 7.25. The summed E-state index contributed by atoms with van der Waals surface area (Å²) in [5, 5.41) is 7.86. The van der Waals surface area contributed by atoms with Crippen LogP contribution in [-0.2, 0) is 0 Å². The van der Waals surface area contributed by atoms with E-state index in [4.69, 9.17) is 15.8 Å². The molecule has 6 heterocycles. The second kappa shape index (κ2) is 11.5. The average molecular weight is 590 g/mol. The Balaban J connectivity index is 1.04. The molecule has 1 aliphatic carbocycles. The van der Waals surface area contributed by atoms with Crippen molar-refractivity contribution in [3.05, 3.63) is 66.1 Å². The van der Waals surface area contributed by atoms with E-state index in [9.17, 15) is 0 Å². The number of aromatic nitrogens is 4. The Hall–Kier alpha value is -3.92. The fourth-order valence-corrected chi connectivity index (χ4v) is 7.90. The minimum Gasteiger partial charge on any atom is -0.369 e. The number of pyridine rings is 1. The minimum absolute atomic E-state index is 0.235. The summed E-state index contributed by atoms with van der Waals surface area (Å²) in [5.74, 6) is 1.98. The lowest BCUT2D eigenvalue weighted by atomic mass is 9.56.